The van der Waals surface area contributed by atoms with Crippen LogP contribution in [0.2, 0.25) is 0 Å². The molecule has 21 heavy (non-hydrogen) atoms. The molecule has 1 aliphatic rings. The monoisotopic (exact) mass is 301 g/mol. The van der Waals surface area contributed by atoms with Crippen LogP contribution in [0.1, 0.15) is 30.4 Å². The molecule has 1 fully saturated rings. The summed E-state index contributed by atoms with van der Waals surface area (Å²) in [5.41, 5.74) is -0.648. The van der Waals surface area contributed by atoms with Gasteiger partial charge in [0.15, 0.2) is 0 Å². The summed E-state index contributed by atoms with van der Waals surface area (Å²) in [5, 5.41) is 11.0. The van der Waals surface area contributed by atoms with Gasteiger partial charge in [0.1, 0.15) is 6.04 Å². The number of carboxylic acids is 1. The van der Waals surface area contributed by atoms with Crippen LogP contribution >= 0.6 is 0 Å². The summed E-state index contributed by atoms with van der Waals surface area (Å²) >= 11 is 0. The fourth-order valence-electron chi connectivity index (χ4n) is 2.29. The van der Waals surface area contributed by atoms with Gasteiger partial charge in [-0.05, 0) is 30.9 Å². The van der Waals surface area contributed by atoms with Gasteiger partial charge in [-0.25, -0.2) is 0 Å². The fraction of sp³-hybridized carbons (Fsp3) is 0.429. The second kappa shape index (κ2) is 5.38. The molecule has 1 aromatic rings. The lowest BCUT2D eigenvalue weighted by Crippen LogP contribution is -2.39. The lowest BCUT2D eigenvalue weighted by molar-refractivity contribution is -0.141. The Morgan fingerprint density at radius 3 is 2.52 bits per heavy atom. The van der Waals surface area contributed by atoms with Crippen LogP contribution in [-0.2, 0) is 15.8 Å². The highest BCUT2D eigenvalue weighted by Gasteiger charge is 2.48. The number of alkyl halides is 3. The molecule has 0 aliphatic heterocycles. The number of carboxylic acid groups (broad SMARTS) is 1. The van der Waals surface area contributed by atoms with Gasteiger partial charge in [-0.2, -0.15) is 13.2 Å². The summed E-state index contributed by atoms with van der Waals surface area (Å²) in [6.45, 7) is 1.31. The van der Waals surface area contributed by atoms with Crippen molar-refractivity contribution in [2.45, 2.75) is 31.5 Å². The molecule has 1 aromatic carbocycles. The predicted molar refractivity (Wildman–Crippen MR) is 67.5 cm³/mol. The number of aliphatic carboxylic acids is 1. The third kappa shape index (κ3) is 3.34. The first-order chi connectivity index (χ1) is 9.71. The van der Waals surface area contributed by atoms with Crippen molar-refractivity contribution in [2.24, 2.45) is 5.92 Å². The minimum Gasteiger partial charge on any atom is -0.480 e. The van der Waals surface area contributed by atoms with Crippen molar-refractivity contribution in [2.75, 3.05) is 0 Å². The predicted octanol–water partition coefficient (Wildman–Crippen LogP) is 2.40. The largest absolute Gasteiger partial charge is 0.480 e. The van der Waals surface area contributed by atoms with E-state index in [1.807, 2.05) is 0 Å². The lowest BCUT2D eigenvalue weighted by Gasteiger charge is -2.13. The van der Waals surface area contributed by atoms with Crippen molar-refractivity contribution in [3.05, 3.63) is 35.4 Å². The van der Waals surface area contributed by atoms with Crippen LogP contribution in [0.15, 0.2) is 24.3 Å². The van der Waals surface area contributed by atoms with E-state index in [-0.39, 0.29) is 5.56 Å². The molecule has 0 saturated heterocycles. The highest BCUT2D eigenvalue weighted by molar-refractivity contribution is 5.87. The van der Waals surface area contributed by atoms with E-state index in [1.54, 1.807) is 0 Å². The minimum atomic E-state index is -4.46. The molecule has 0 radical (unpaired) electrons. The first-order valence-electron chi connectivity index (χ1n) is 6.41. The molecule has 4 nitrogen and oxygen atoms in total. The topological polar surface area (TPSA) is 66.4 Å². The van der Waals surface area contributed by atoms with Gasteiger partial charge in [0.2, 0.25) is 5.91 Å². The zero-order valence-electron chi connectivity index (χ0n) is 11.1. The fourth-order valence-corrected chi connectivity index (χ4v) is 2.29. The summed E-state index contributed by atoms with van der Waals surface area (Å²) < 4.78 is 38.7. The van der Waals surface area contributed by atoms with Crippen LogP contribution in [0.25, 0.3) is 0 Å². The molecule has 3 unspecified atom stereocenters. The Morgan fingerprint density at radius 1 is 1.33 bits per heavy atom. The van der Waals surface area contributed by atoms with Crippen LogP contribution in [0.4, 0.5) is 13.2 Å². The number of hydrogen-bond acceptors (Lipinski definition) is 2. The minimum absolute atomic E-state index is 0.0909. The van der Waals surface area contributed by atoms with Gasteiger partial charge in [0.25, 0.3) is 0 Å². The van der Waals surface area contributed by atoms with Crippen molar-refractivity contribution >= 4 is 11.9 Å². The van der Waals surface area contributed by atoms with Crippen molar-refractivity contribution in [3.63, 3.8) is 0 Å². The third-order valence-corrected chi connectivity index (χ3v) is 3.52. The van der Waals surface area contributed by atoms with E-state index in [0.29, 0.717) is 6.42 Å². The van der Waals surface area contributed by atoms with Gasteiger partial charge in [-0.3, -0.25) is 9.59 Å². The van der Waals surface area contributed by atoms with Crippen LogP contribution in [0.5, 0.6) is 0 Å². The van der Waals surface area contributed by atoms with Crippen molar-refractivity contribution in [3.8, 4) is 0 Å². The maximum absolute atomic E-state index is 12.9. The summed E-state index contributed by atoms with van der Waals surface area (Å²) in [7, 11) is 0. The number of amides is 1. The second-order valence-electron chi connectivity index (χ2n) is 5.10. The maximum atomic E-state index is 12.9. The average molecular weight is 301 g/mol. The van der Waals surface area contributed by atoms with Gasteiger partial charge in [-0.1, -0.05) is 18.2 Å². The first-order valence-corrected chi connectivity index (χ1v) is 6.41. The van der Waals surface area contributed by atoms with Crippen LogP contribution in [0.3, 0.4) is 0 Å². The zero-order valence-corrected chi connectivity index (χ0v) is 11.1. The molecule has 2 rings (SSSR count). The Bertz CT molecular complexity index is 571. The maximum Gasteiger partial charge on any atom is 0.416 e. The van der Waals surface area contributed by atoms with E-state index in [4.69, 9.17) is 5.11 Å². The highest BCUT2D eigenvalue weighted by atomic mass is 19.4. The normalized spacial score (nSPS) is 22.5. The van der Waals surface area contributed by atoms with Crippen LogP contribution in [-0.4, -0.2) is 23.0 Å². The molecule has 1 amide bonds. The molecular weight excluding hydrogens is 287 g/mol. The molecule has 1 aliphatic carbocycles. The second-order valence-corrected chi connectivity index (χ2v) is 5.10. The Kier molecular flexibility index (Phi) is 3.93. The molecule has 0 aromatic heterocycles. The molecule has 1 saturated carbocycles. The Hall–Kier alpha value is -2.05. The van der Waals surface area contributed by atoms with Crippen molar-refractivity contribution in [1.29, 1.82) is 0 Å². The van der Waals surface area contributed by atoms with E-state index in [9.17, 15) is 22.8 Å². The molecular formula is C14H14F3NO3. The van der Waals surface area contributed by atoms with Gasteiger partial charge < -0.3 is 10.4 Å². The summed E-state index contributed by atoms with van der Waals surface area (Å²) in [6.07, 6.45) is -4.17. The van der Waals surface area contributed by atoms with Gasteiger partial charge in [-0.15, -0.1) is 0 Å². The lowest BCUT2D eigenvalue weighted by atomic mass is 10.0. The smallest absolute Gasteiger partial charge is 0.416 e. The van der Waals surface area contributed by atoms with E-state index >= 15 is 0 Å². The molecule has 114 valence electrons. The highest BCUT2D eigenvalue weighted by Crippen LogP contribution is 2.51. The van der Waals surface area contributed by atoms with E-state index in [1.165, 1.54) is 25.1 Å². The number of halogens is 3. The Labute approximate surface area is 119 Å². The van der Waals surface area contributed by atoms with E-state index in [0.717, 1.165) is 6.07 Å². The third-order valence-electron chi connectivity index (χ3n) is 3.52. The molecule has 0 bridgehead atoms. The van der Waals surface area contributed by atoms with Crippen LogP contribution < -0.4 is 5.32 Å². The number of carbonyl (C=O) groups is 2. The Morgan fingerprint density at radius 2 is 1.95 bits per heavy atom. The SMILES string of the molecule is CC(NC(=O)C1CC1c1ccccc1C(F)(F)F)C(=O)O. The van der Waals surface area contributed by atoms with Gasteiger partial charge in [0.05, 0.1) is 5.56 Å². The van der Waals surface area contributed by atoms with Gasteiger partial charge >= 0.3 is 12.1 Å². The standard InChI is InChI=1S/C14H14F3NO3/c1-7(13(20)21)18-12(19)10-6-9(10)8-4-2-3-5-11(8)14(15,16)17/h2-5,7,9-10H,6H2,1H3,(H,18,19)(H,20,21). The average Bonchev–Trinajstić information content (AvgIpc) is 3.17. The quantitative estimate of drug-likeness (QED) is 0.897. The summed E-state index contributed by atoms with van der Waals surface area (Å²) in [5.74, 6) is -2.82. The molecule has 0 heterocycles. The molecule has 0 spiro atoms. The van der Waals surface area contributed by atoms with Gasteiger partial charge in [0, 0.05) is 5.92 Å². The summed E-state index contributed by atoms with van der Waals surface area (Å²) in [6, 6.07) is 4.09. The van der Waals surface area contributed by atoms with Crippen molar-refractivity contribution in [1.82, 2.24) is 5.32 Å². The molecule has 3 atom stereocenters. The number of hydrogen-bond donors (Lipinski definition) is 2. The molecule has 2 N–H and O–H groups in total. The zero-order chi connectivity index (χ0) is 15.8. The number of benzene rings is 1. The van der Waals surface area contributed by atoms with Crippen molar-refractivity contribution < 1.29 is 27.9 Å². The van der Waals surface area contributed by atoms with E-state index in [2.05, 4.69) is 5.32 Å². The summed E-state index contributed by atoms with van der Waals surface area (Å²) in [4.78, 5) is 22.5. The first kappa shape index (κ1) is 15.3. The number of nitrogens with one attached hydrogen (secondary N) is 1. The number of carbonyl (C=O) groups excluding carboxylic acids is 1. The number of rotatable bonds is 4. The van der Waals surface area contributed by atoms with Crippen LogP contribution in [0, 0.1) is 5.92 Å². The Balaban J connectivity index is 2.11. The van der Waals surface area contributed by atoms with E-state index < -0.39 is 41.5 Å². The molecule has 7 heteroatoms.